The summed E-state index contributed by atoms with van der Waals surface area (Å²) >= 11 is 0. The van der Waals surface area contributed by atoms with Crippen LogP contribution in [0.4, 0.5) is 0 Å². The maximum absolute atomic E-state index is 12.4. The second-order valence-corrected chi connectivity index (χ2v) is 9.39. The van der Waals surface area contributed by atoms with Crippen molar-refractivity contribution >= 4 is 22.4 Å². The average molecular weight is 431 g/mol. The zero-order chi connectivity index (χ0) is 21.6. The number of aromatic carboxylic acids is 1. The highest BCUT2D eigenvalue weighted by atomic mass is 32.2. The van der Waals surface area contributed by atoms with Gasteiger partial charge in [0.2, 0.25) is 16.4 Å². The summed E-state index contributed by atoms with van der Waals surface area (Å²) in [7, 11) is -3.50. The molecule has 7 nitrogen and oxygen atoms in total. The molecule has 3 rings (SSSR count). The van der Waals surface area contributed by atoms with Crippen molar-refractivity contribution in [3.8, 4) is 0 Å². The smallest absolute Gasteiger partial charge is 0.335 e. The maximum Gasteiger partial charge on any atom is 0.335 e. The number of benzene rings is 2. The molecular weight excluding hydrogens is 404 g/mol. The molecule has 0 spiro atoms. The van der Waals surface area contributed by atoms with E-state index >= 15 is 0 Å². The third kappa shape index (κ3) is 5.67. The van der Waals surface area contributed by atoms with Gasteiger partial charge in [-0.15, -0.1) is 0 Å². The molecule has 1 saturated carbocycles. The van der Waals surface area contributed by atoms with E-state index in [1.54, 1.807) is 47.4 Å². The molecule has 2 aromatic carbocycles. The summed E-state index contributed by atoms with van der Waals surface area (Å²) in [6, 6.07) is 14.9. The van der Waals surface area contributed by atoms with Crippen LogP contribution in [-0.4, -0.2) is 43.4 Å². The number of carboxylic acid groups (broad SMARTS) is 1. The molecule has 1 aliphatic carbocycles. The second kappa shape index (κ2) is 9.86. The monoisotopic (exact) mass is 430 g/mol. The van der Waals surface area contributed by atoms with Crippen LogP contribution in [-0.2, 0) is 21.4 Å². The number of carboxylic acids is 1. The molecule has 1 aliphatic rings. The fourth-order valence-electron chi connectivity index (χ4n) is 3.81. The topological polar surface area (TPSA) is 104 Å². The highest BCUT2D eigenvalue weighted by Crippen LogP contribution is 2.28. The minimum Gasteiger partial charge on any atom is -0.478 e. The number of hydrogen-bond acceptors (Lipinski definition) is 4. The van der Waals surface area contributed by atoms with Gasteiger partial charge in [-0.25, -0.2) is 17.9 Å². The van der Waals surface area contributed by atoms with E-state index in [0.29, 0.717) is 13.1 Å². The van der Waals surface area contributed by atoms with Crippen LogP contribution in [0.25, 0.3) is 0 Å². The first-order chi connectivity index (χ1) is 14.4. The lowest BCUT2D eigenvalue weighted by Crippen LogP contribution is -2.39. The fourth-order valence-corrected chi connectivity index (χ4v) is 4.94. The van der Waals surface area contributed by atoms with Gasteiger partial charge in [0.25, 0.3) is 0 Å². The van der Waals surface area contributed by atoms with E-state index in [2.05, 4.69) is 4.72 Å². The van der Waals surface area contributed by atoms with Crippen LogP contribution in [0.3, 0.4) is 0 Å². The van der Waals surface area contributed by atoms with Gasteiger partial charge in [-0.1, -0.05) is 30.3 Å². The van der Waals surface area contributed by atoms with Crippen molar-refractivity contribution in [3.63, 3.8) is 0 Å². The lowest BCUT2D eigenvalue weighted by molar-refractivity contribution is -0.121. The summed E-state index contributed by atoms with van der Waals surface area (Å²) < 4.78 is 27.4. The molecule has 0 aliphatic heterocycles. The van der Waals surface area contributed by atoms with Crippen LogP contribution in [0.15, 0.2) is 59.5 Å². The summed E-state index contributed by atoms with van der Waals surface area (Å²) in [4.78, 5) is 24.6. The van der Waals surface area contributed by atoms with E-state index in [9.17, 15) is 18.0 Å². The van der Waals surface area contributed by atoms with Crippen LogP contribution < -0.4 is 4.72 Å². The Balaban J connectivity index is 1.50. The predicted octanol–water partition coefficient (Wildman–Crippen LogP) is 2.88. The number of rotatable bonds is 9. The van der Waals surface area contributed by atoms with Gasteiger partial charge in [0, 0.05) is 19.1 Å². The molecule has 1 fully saturated rings. The minimum atomic E-state index is -3.50. The number of hydrogen-bond donors (Lipinski definition) is 2. The van der Waals surface area contributed by atoms with Gasteiger partial charge in [-0.3, -0.25) is 4.79 Å². The Kier molecular flexibility index (Phi) is 7.23. The summed E-state index contributed by atoms with van der Waals surface area (Å²) in [6.07, 6.45) is 4.14. The third-order valence-corrected chi connectivity index (χ3v) is 7.04. The number of amides is 1. The molecule has 160 valence electrons. The highest BCUT2D eigenvalue weighted by Gasteiger charge is 2.26. The number of carbonyl (C=O) groups excluding carboxylic acids is 1. The van der Waals surface area contributed by atoms with Gasteiger partial charge >= 0.3 is 5.97 Å². The van der Waals surface area contributed by atoms with Crippen LogP contribution in [0.1, 0.15) is 41.6 Å². The van der Waals surface area contributed by atoms with Crippen molar-refractivity contribution in [1.29, 1.82) is 0 Å². The quantitative estimate of drug-likeness (QED) is 0.596. The normalized spacial score (nSPS) is 19.2. The van der Waals surface area contributed by atoms with Gasteiger partial charge in [0.1, 0.15) is 0 Å². The molecule has 1 amide bonds. The first-order valence-corrected chi connectivity index (χ1v) is 11.5. The standard InChI is InChI=1S/C22H26N2O5S/c25-16-24(15-18-6-10-19(11-7-18)22(26)27)20-12-8-17(9-13-20)14-23-30(28,29)21-4-2-1-3-5-21/h1-7,10-11,16-17,20,23H,8-9,12-15H2,(H,26,27). The molecular formula is C22H26N2O5S. The second-order valence-electron chi connectivity index (χ2n) is 7.62. The number of carbonyl (C=O) groups is 2. The van der Waals surface area contributed by atoms with Crippen LogP contribution >= 0.6 is 0 Å². The molecule has 0 aromatic heterocycles. The molecule has 0 unspecified atom stereocenters. The lowest BCUT2D eigenvalue weighted by Gasteiger charge is -2.35. The molecule has 8 heteroatoms. The van der Waals surface area contributed by atoms with Gasteiger partial charge in [0.05, 0.1) is 10.5 Å². The van der Waals surface area contributed by atoms with Gasteiger partial charge < -0.3 is 10.0 Å². The Morgan fingerprint density at radius 1 is 1.03 bits per heavy atom. The van der Waals surface area contributed by atoms with Crippen molar-refractivity contribution < 1.29 is 23.1 Å². The summed E-state index contributed by atoms with van der Waals surface area (Å²) in [5, 5.41) is 8.98. The third-order valence-electron chi connectivity index (χ3n) is 5.60. The van der Waals surface area contributed by atoms with E-state index in [1.165, 1.54) is 12.1 Å². The maximum atomic E-state index is 12.4. The van der Waals surface area contributed by atoms with E-state index < -0.39 is 16.0 Å². The Bertz CT molecular complexity index is 953. The molecule has 0 saturated heterocycles. The van der Waals surface area contributed by atoms with Gasteiger partial charge in [0.15, 0.2) is 0 Å². The SMILES string of the molecule is O=CN(Cc1ccc(C(=O)O)cc1)C1CCC(CNS(=O)(=O)c2ccccc2)CC1. The van der Waals surface area contributed by atoms with Crippen LogP contribution in [0.5, 0.6) is 0 Å². The molecule has 30 heavy (non-hydrogen) atoms. The zero-order valence-electron chi connectivity index (χ0n) is 16.6. The Hall–Kier alpha value is -2.71. The van der Waals surface area contributed by atoms with E-state index in [4.69, 9.17) is 5.11 Å². The van der Waals surface area contributed by atoms with E-state index in [1.807, 2.05) is 0 Å². The van der Waals surface area contributed by atoms with Crippen molar-refractivity contribution in [2.24, 2.45) is 5.92 Å². The summed E-state index contributed by atoms with van der Waals surface area (Å²) in [5.41, 5.74) is 1.10. The Morgan fingerprint density at radius 3 is 2.23 bits per heavy atom. The average Bonchev–Trinajstić information content (AvgIpc) is 2.77. The summed E-state index contributed by atoms with van der Waals surface area (Å²) in [6.45, 7) is 0.820. The first kappa shape index (κ1) is 22.0. The first-order valence-electron chi connectivity index (χ1n) is 9.97. The lowest BCUT2D eigenvalue weighted by atomic mass is 9.85. The predicted molar refractivity (Wildman–Crippen MR) is 112 cm³/mol. The van der Waals surface area contributed by atoms with E-state index in [0.717, 1.165) is 37.7 Å². The van der Waals surface area contributed by atoms with Gasteiger partial charge in [-0.05, 0) is 61.4 Å². The van der Waals surface area contributed by atoms with Gasteiger partial charge in [-0.2, -0.15) is 0 Å². The zero-order valence-corrected chi connectivity index (χ0v) is 17.4. The molecule has 0 bridgehead atoms. The molecule has 2 N–H and O–H groups in total. The summed E-state index contributed by atoms with van der Waals surface area (Å²) in [5.74, 6) is -0.738. The number of sulfonamides is 1. The number of nitrogens with zero attached hydrogens (tertiary/aromatic N) is 1. The molecule has 0 heterocycles. The molecule has 0 atom stereocenters. The fraction of sp³-hybridized carbons (Fsp3) is 0.364. The minimum absolute atomic E-state index is 0.101. The van der Waals surface area contributed by atoms with E-state index in [-0.39, 0.29) is 22.4 Å². The Morgan fingerprint density at radius 2 is 1.67 bits per heavy atom. The van der Waals surface area contributed by atoms with Crippen molar-refractivity contribution in [2.45, 2.75) is 43.2 Å². The largest absolute Gasteiger partial charge is 0.478 e. The van der Waals surface area contributed by atoms with Crippen molar-refractivity contribution in [1.82, 2.24) is 9.62 Å². The molecule has 2 aromatic rings. The number of nitrogens with one attached hydrogen (secondary N) is 1. The van der Waals surface area contributed by atoms with Crippen LogP contribution in [0, 0.1) is 5.92 Å². The highest BCUT2D eigenvalue weighted by molar-refractivity contribution is 7.89. The van der Waals surface area contributed by atoms with Crippen molar-refractivity contribution in [2.75, 3.05) is 6.54 Å². The van der Waals surface area contributed by atoms with Crippen molar-refractivity contribution in [3.05, 3.63) is 65.7 Å². The van der Waals surface area contributed by atoms with Crippen LogP contribution in [0.2, 0.25) is 0 Å². The molecule has 0 radical (unpaired) electrons. The Labute approximate surface area is 176 Å².